The molecule has 0 fully saturated rings. The molecule has 0 atom stereocenters. The molecule has 0 aliphatic carbocycles. The molecule has 2 heterocycles. The summed E-state index contributed by atoms with van der Waals surface area (Å²) >= 11 is 0. The Balaban J connectivity index is 1.90. The number of aromatic carboxylic acids is 1. The van der Waals surface area contributed by atoms with Crippen LogP contribution in [0.15, 0.2) is 41.4 Å². The third-order valence-corrected chi connectivity index (χ3v) is 6.40. The lowest BCUT2D eigenvalue weighted by atomic mass is 10.2. The molecule has 0 unspecified atom stereocenters. The summed E-state index contributed by atoms with van der Waals surface area (Å²) in [4.78, 5) is 18.1. The summed E-state index contributed by atoms with van der Waals surface area (Å²) in [5.41, 5.74) is 3.43. The first-order chi connectivity index (χ1) is 15.5. The Hall–Kier alpha value is -3.40. The van der Waals surface area contributed by atoms with Crippen molar-refractivity contribution in [2.24, 2.45) is 0 Å². The van der Waals surface area contributed by atoms with Gasteiger partial charge in [-0.15, -0.1) is 0 Å². The SMILES string of the molecule is CCCn1nc(C)cc1CN(C)c1ncc(NS(=O)(=O)c2cc(C)cc(C)c2)cc1C(=O)O. The summed E-state index contributed by atoms with van der Waals surface area (Å²) in [7, 11) is -2.16. The number of hydrogen-bond acceptors (Lipinski definition) is 6. The number of rotatable bonds is 9. The molecule has 10 heteroatoms. The third kappa shape index (κ3) is 5.70. The zero-order valence-corrected chi connectivity index (χ0v) is 20.3. The first-order valence-corrected chi connectivity index (χ1v) is 12.1. The van der Waals surface area contributed by atoms with Crippen LogP contribution in [0.4, 0.5) is 11.5 Å². The van der Waals surface area contributed by atoms with Crippen molar-refractivity contribution in [1.82, 2.24) is 14.8 Å². The number of hydrogen-bond donors (Lipinski definition) is 2. The fraction of sp³-hybridized carbons (Fsp3) is 0.348. The van der Waals surface area contributed by atoms with E-state index in [9.17, 15) is 18.3 Å². The van der Waals surface area contributed by atoms with Crippen LogP contribution in [0, 0.1) is 20.8 Å². The lowest BCUT2D eigenvalue weighted by Crippen LogP contribution is -2.23. The number of pyridine rings is 1. The van der Waals surface area contributed by atoms with E-state index in [4.69, 9.17) is 0 Å². The number of anilines is 2. The van der Waals surface area contributed by atoms with Crippen molar-refractivity contribution in [3.05, 3.63) is 64.6 Å². The number of carboxylic acid groups (broad SMARTS) is 1. The number of nitrogens with zero attached hydrogens (tertiary/aromatic N) is 4. The topological polar surface area (TPSA) is 117 Å². The molecule has 2 N–H and O–H groups in total. The second kappa shape index (κ2) is 9.62. The van der Waals surface area contributed by atoms with Gasteiger partial charge in [-0.25, -0.2) is 18.2 Å². The minimum Gasteiger partial charge on any atom is -0.478 e. The molecule has 9 nitrogen and oxygen atoms in total. The number of nitrogens with one attached hydrogen (secondary N) is 1. The van der Waals surface area contributed by atoms with Crippen molar-refractivity contribution in [2.75, 3.05) is 16.7 Å². The third-order valence-electron chi connectivity index (χ3n) is 5.04. The fourth-order valence-corrected chi connectivity index (χ4v) is 4.95. The summed E-state index contributed by atoms with van der Waals surface area (Å²) in [5.74, 6) is -0.964. The van der Waals surface area contributed by atoms with E-state index < -0.39 is 16.0 Å². The normalized spacial score (nSPS) is 11.4. The summed E-state index contributed by atoms with van der Waals surface area (Å²) in [6, 6.07) is 8.24. The first-order valence-electron chi connectivity index (χ1n) is 10.6. The van der Waals surface area contributed by atoms with Crippen LogP contribution in [0.1, 0.15) is 46.2 Å². The summed E-state index contributed by atoms with van der Waals surface area (Å²) in [6.07, 6.45) is 2.25. The molecule has 1 aromatic carbocycles. The van der Waals surface area contributed by atoms with Gasteiger partial charge in [-0.1, -0.05) is 13.0 Å². The van der Waals surface area contributed by atoms with Crippen LogP contribution >= 0.6 is 0 Å². The number of aromatic nitrogens is 3. The zero-order chi connectivity index (χ0) is 24.3. The van der Waals surface area contributed by atoms with E-state index in [2.05, 4.69) is 21.7 Å². The van der Waals surface area contributed by atoms with E-state index in [0.29, 0.717) is 6.54 Å². The Morgan fingerprint density at radius 3 is 2.39 bits per heavy atom. The summed E-state index contributed by atoms with van der Waals surface area (Å²) in [6.45, 7) is 8.76. The second-order valence-electron chi connectivity index (χ2n) is 8.19. The van der Waals surface area contributed by atoms with E-state index in [-0.39, 0.29) is 22.0 Å². The van der Waals surface area contributed by atoms with E-state index >= 15 is 0 Å². The molecule has 0 aliphatic heterocycles. The first kappa shape index (κ1) is 24.2. The highest BCUT2D eigenvalue weighted by Crippen LogP contribution is 2.25. The highest BCUT2D eigenvalue weighted by Gasteiger charge is 2.21. The lowest BCUT2D eigenvalue weighted by Gasteiger charge is -2.21. The van der Waals surface area contributed by atoms with Crippen LogP contribution in [0.5, 0.6) is 0 Å². The van der Waals surface area contributed by atoms with Gasteiger partial charge in [0.15, 0.2) is 0 Å². The van der Waals surface area contributed by atoms with Gasteiger partial charge < -0.3 is 10.0 Å². The van der Waals surface area contributed by atoms with E-state index in [0.717, 1.165) is 35.5 Å². The Morgan fingerprint density at radius 2 is 1.79 bits per heavy atom. The maximum Gasteiger partial charge on any atom is 0.339 e. The quantitative estimate of drug-likeness (QED) is 0.488. The number of carbonyl (C=O) groups is 1. The van der Waals surface area contributed by atoms with Crippen molar-refractivity contribution >= 4 is 27.5 Å². The maximum atomic E-state index is 12.8. The second-order valence-corrected chi connectivity index (χ2v) is 9.87. The Labute approximate surface area is 194 Å². The summed E-state index contributed by atoms with van der Waals surface area (Å²) in [5, 5.41) is 14.3. The molecule has 0 saturated heterocycles. The summed E-state index contributed by atoms with van der Waals surface area (Å²) < 4.78 is 30.0. The highest BCUT2D eigenvalue weighted by molar-refractivity contribution is 7.92. The predicted molar refractivity (Wildman–Crippen MR) is 127 cm³/mol. The van der Waals surface area contributed by atoms with Gasteiger partial charge in [-0.3, -0.25) is 9.40 Å². The number of benzene rings is 1. The molecule has 0 saturated carbocycles. The van der Waals surface area contributed by atoms with Gasteiger partial charge in [0.05, 0.1) is 34.7 Å². The molecule has 0 amide bonds. The number of carboxylic acids is 1. The van der Waals surface area contributed by atoms with Crippen molar-refractivity contribution in [3.63, 3.8) is 0 Å². The largest absolute Gasteiger partial charge is 0.478 e. The standard InChI is InChI=1S/C23H29N5O4S/c1-6-7-28-19(11-17(4)25-28)14-27(5)22-21(23(29)30)12-18(13-24-22)26-33(31,32)20-9-15(2)8-16(3)10-20/h8-13,26H,6-7,14H2,1-5H3,(H,29,30). The minimum absolute atomic E-state index is 0.0792. The molecule has 0 spiro atoms. The van der Waals surface area contributed by atoms with Gasteiger partial charge >= 0.3 is 5.97 Å². The molecule has 2 aromatic heterocycles. The van der Waals surface area contributed by atoms with Crippen molar-refractivity contribution in [2.45, 2.75) is 52.1 Å². The van der Waals surface area contributed by atoms with Crippen LogP contribution in [0.2, 0.25) is 0 Å². The van der Waals surface area contributed by atoms with Crippen molar-refractivity contribution in [3.8, 4) is 0 Å². The smallest absolute Gasteiger partial charge is 0.339 e. The van der Waals surface area contributed by atoms with Gasteiger partial charge in [0.2, 0.25) is 0 Å². The average Bonchev–Trinajstić information content (AvgIpc) is 3.05. The van der Waals surface area contributed by atoms with E-state index in [1.807, 2.05) is 37.6 Å². The Kier molecular flexibility index (Phi) is 7.06. The van der Waals surface area contributed by atoms with Crippen LogP contribution in [0.3, 0.4) is 0 Å². The van der Waals surface area contributed by atoms with E-state index in [1.165, 1.54) is 12.3 Å². The predicted octanol–water partition coefficient (Wildman–Crippen LogP) is 3.75. The molecule has 176 valence electrons. The molecular weight excluding hydrogens is 442 g/mol. The van der Waals surface area contributed by atoms with Crippen LogP contribution in [-0.4, -0.2) is 41.3 Å². The lowest BCUT2D eigenvalue weighted by molar-refractivity contribution is 0.0697. The van der Waals surface area contributed by atoms with Crippen LogP contribution in [0.25, 0.3) is 0 Å². The van der Waals surface area contributed by atoms with Gasteiger partial charge in [-0.05, 0) is 62.6 Å². The molecule has 3 aromatic rings. The minimum atomic E-state index is -3.90. The molecular formula is C23H29N5O4S. The Morgan fingerprint density at radius 1 is 1.12 bits per heavy atom. The maximum absolute atomic E-state index is 12.8. The molecule has 0 radical (unpaired) electrons. The van der Waals surface area contributed by atoms with Crippen molar-refractivity contribution in [1.29, 1.82) is 0 Å². The van der Waals surface area contributed by atoms with Crippen LogP contribution in [-0.2, 0) is 23.1 Å². The molecule has 0 bridgehead atoms. The van der Waals surface area contributed by atoms with Gasteiger partial charge in [0.25, 0.3) is 10.0 Å². The van der Waals surface area contributed by atoms with Gasteiger partial charge in [0.1, 0.15) is 11.4 Å². The number of sulfonamides is 1. The average molecular weight is 472 g/mol. The van der Waals surface area contributed by atoms with Gasteiger partial charge in [-0.2, -0.15) is 5.10 Å². The fourth-order valence-electron chi connectivity index (χ4n) is 3.73. The highest BCUT2D eigenvalue weighted by atomic mass is 32.2. The Bertz CT molecular complexity index is 1260. The molecule has 33 heavy (non-hydrogen) atoms. The monoisotopic (exact) mass is 471 g/mol. The van der Waals surface area contributed by atoms with Crippen molar-refractivity contribution < 1.29 is 18.3 Å². The van der Waals surface area contributed by atoms with Gasteiger partial charge in [0, 0.05) is 13.6 Å². The van der Waals surface area contributed by atoms with Crippen LogP contribution < -0.4 is 9.62 Å². The number of aryl methyl sites for hydroxylation is 4. The van der Waals surface area contributed by atoms with E-state index in [1.54, 1.807) is 24.1 Å². The molecule has 0 aliphatic rings. The molecule has 3 rings (SSSR count). The zero-order valence-electron chi connectivity index (χ0n) is 19.5.